The second kappa shape index (κ2) is 5.91. The van der Waals surface area contributed by atoms with Gasteiger partial charge in [-0.3, -0.25) is 9.78 Å². The lowest BCUT2D eigenvalue weighted by molar-refractivity contribution is -0.142. The monoisotopic (exact) mass is 252 g/mol. The van der Waals surface area contributed by atoms with Gasteiger partial charge < -0.3 is 10.4 Å². The molecule has 2 rings (SSSR count). The number of carbonyl (C=O) groups is 1. The van der Waals surface area contributed by atoms with Gasteiger partial charge in [0.25, 0.3) is 0 Å². The first-order valence-corrected chi connectivity index (χ1v) is 6.21. The zero-order valence-corrected chi connectivity index (χ0v) is 10.1. The van der Waals surface area contributed by atoms with Gasteiger partial charge in [-0.1, -0.05) is 0 Å². The fourth-order valence-electron chi connectivity index (χ4n) is 2.36. The minimum Gasteiger partial charge on any atom is -0.481 e. The molecule has 1 heterocycles. The Bertz CT molecular complexity index is 417. The Kier molecular flexibility index (Phi) is 4.25. The van der Waals surface area contributed by atoms with Crippen LogP contribution in [-0.4, -0.2) is 22.1 Å². The lowest BCUT2D eigenvalue weighted by Crippen LogP contribution is -2.34. The van der Waals surface area contributed by atoms with E-state index in [4.69, 9.17) is 5.11 Å². The van der Waals surface area contributed by atoms with E-state index in [9.17, 15) is 9.18 Å². The number of hydrogen-bond donors (Lipinski definition) is 2. The van der Waals surface area contributed by atoms with Crippen molar-refractivity contribution in [1.29, 1.82) is 0 Å². The molecule has 5 heteroatoms. The first kappa shape index (κ1) is 13.0. The predicted octanol–water partition coefficient (Wildman–Crippen LogP) is 1.95. The average molecular weight is 252 g/mol. The van der Waals surface area contributed by atoms with Crippen LogP contribution >= 0.6 is 0 Å². The second-order valence-corrected chi connectivity index (χ2v) is 4.78. The molecule has 1 aromatic rings. The molecule has 0 amide bonds. The third kappa shape index (κ3) is 3.50. The van der Waals surface area contributed by atoms with Gasteiger partial charge >= 0.3 is 5.97 Å². The summed E-state index contributed by atoms with van der Waals surface area (Å²) in [6.45, 7) is 0.577. The summed E-state index contributed by atoms with van der Waals surface area (Å²) in [5.41, 5.74) is 0.815. The average Bonchev–Trinajstić information content (AvgIpc) is 2.37. The van der Waals surface area contributed by atoms with E-state index in [1.54, 1.807) is 6.20 Å². The number of hydrogen-bond acceptors (Lipinski definition) is 3. The van der Waals surface area contributed by atoms with Crippen molar-refractivity contribution in [2.24, 2.45) is 5.92 Å². The minimum atomic E-state index is -0.692. The molecule has 0 aromatic carbocycles. The van der Waals surface area contributed by atoms with Crippen LogP contribution in [0.5, 0.6) is 0 Å². The lowest BCUT2D eigenvalue weighted by Gasteiger charge is -2.26. The van der Waals surface area contributed by atoms with Crippen LogP contribution in [0.4, 0.5) is 4.39 Å². The maximum Gasteiger partial charge on any atom is 0.306 e. The summed E-state index contributed by atoms with van der Waals surface area (Å²) in [5.74, 6) is -1.22. The van der Waals surface area contributed by atoms with Crippen molar-refractivity contribution < 1.29 is 14.3 Å². The Balaban J connectivity index is 1.77. The van der Waals surface area contributed by atoms with E-state index < -0.39 is 5.97 Å². The molecule has 4 nitrogen and oxygen atoms in total. The van der Waals surface area contributed by atoms with Crippen LogP contribution in [0, 0.1) is 11.7 Å². The quantitative estimate of drug-likeness (QED) is 0.859. The van der Waals surface area contributed by atoms with Gasteiger partial charge in [-0.2, -0.15) is 0 Å². The van der Waals surface area contributed by atoms with Crippen LogP contribution in [0.15, 0.2) is 18.5 Å². The molecular weight excluding hydrogens is 235 g/mol. The molecule has 1 saturated carbocycles. The van der Waals surface area contributed by atoms with Crippen molar-refractivity contribution in [3.63, 3.8) is 0 Å². The summed E-state index contributed by atoms with van der Waals surface area (Å²) >= 11 is 0. The predicted molar refractivity (Wildman–Crippen MR) is 64.4 cm³/mol. The normalized spacial score (nSPS) is 23.8. The number of aromatic nitrogens is 1. The van der Waals surface area contributed by atoms with E-state index in [0.717, 1.165) is 18.4 Å². The van der Waals surface area contributed by atoms with E-state index >= 15 is 0 Å². The highest BCUT2D eigenvalue weighted by Gasteiger charge is 2.25. The highest BCUT2D eigenvalue weighted by Crippen LogP contribution is 2.24. The molecular formula is C13H17FN2O2. The van der Waals surface area contributed by atoms with Crippen molar-refractivity contribution in [2.75, 3.05) is 0 Å². The Morgan fingerprint density at radius 1 is 1.39 bits per heavy atom. The van der Waals surface area contributed by atoms with Gasteiger partial charge in [0.2, 0.25) is 0 Å². The molecule has 18 heavy (non-hydrogen) atoms. The molecule has 0 bridgehead atoms. The lowest BCUT2D eigenvalue weighted by atomic mass is 9.86. The summed E-state index contributed by atoms with van der Waals surface area (Å²) in [7, 11) is 0. The second-order valence-electron chi connectivity index (χ2n) is 4.78. The van der Waals surface area contributed by atoms with E-state index in [-0.39, 0.29) is 11.7 Å². The van der Waals surface area contributed by atoms with E-state index in [1.807, 2.05) is 0 Å². The maximum atomic E-state index is 12.9. The molecule has 0 atom stereocenters. The number of carboxylic acids is 1. The summed E-state index contributed by atoms with van der Waals surface area (Å²) in [5, 5.41) is 12.2. The molecule has 0 aliphatic heterocycles. The largest absolute Gasteiger partial charge is 0.481 e. The molecule has 2 N–H and O–H groups in total. The van der Waals surface area contributed by atoms with Gasteiger partial charge in [-0.05, 0) is 37.3 Å². The zero-order chi connectivity index (χ0) is 13.0. The van der Waals surface area contributed by atoms with Crippen molar-refractivity contribution in [3.8, 4) is 0 Å². The summed E-state index contributed by atoms with van der Waals surface area (Å²) in [6.07, 6.45) is 5.97. The molecule has 98 valence electrons. The summed E-state index contributed by atoms with van der Waals surface area (Å²) in [4.78, 5) is 14.6. The molecule has 0 saturated heterocycles. The smallest absolute Gasteiger partial charge is 0.306 e. The van der Waals surface area contributed by atoms with E-state index in [0.29, 0.717) is 25.4 Å². The molecule has 1 aliphatic rings. The fourth-order valence-corrected chi connectivity index (χ4v) is 2.36. The number of nitrogens with one attached hydrogen (secondary N) is 1. The number of rotatable bonds is 4. The zero-order valence-electron chi connectivity index (χ0n) is 10.1. The molecule has 1 aliphatic carbocycles. The number of halogens is 1. The molecule has 0 unspecified atom stereocenters. The van der Waals surface area contributed by atoms with Gasteiger partial charge in [0.15, 0.2) is 0 Å². The van der Waals surface area contributed by atoms with Gasteiger partial charge in [0.05, 0.1) is 12.1 Å². The van der Waals surface area contributed by atoms with Crippen molar-refractivity contribution in [3.05, 3.63) is 29.8 Å². The topological polar surface area (TPSA) is 62.2 Å². The van der Waals surface area contributed by atoms with Crippen LogP contribution in [0.3, 0.4) is 0 Å². The van der Waals surface area contributed by atoms with Crippen LogP contribution in [-0.2, 0) is 11.3 Å². The van der Waals surface area contributed by atoms with Gasteiger partial charge in [-0.15, -0.1) is 0 Å². The number of pyridine rings is 1. The SMILES string of the molecule is O=C(O)C1CCC(NCc2cncc(F)c2)CC1. The molecule has 0 spiro atoms. The van der Waals surface area contributed by atoms with Gasteiger partial charge in [-0.25, -0.2) is 4.39 Å². The molecule has 1 aromatic heterocycles. The third-order valence-corrected chi connectivity index (χ3v) is 3.43. The van der Waals surface area contributed by atoms with Crippen LogP contribution < -0.4 is 5.32 Å². The number of carboxylic acid groups (broad SMARTS) is 1. The Morgan fingerprint density at radius 3 is 2.72 bits per heavy atom. The Labute approximate surface area is 105 Å². The molecule has 0 radical (unpaired) electrons. The number of nitrogens with zero attached hydrogens (tertiary/aromatic N) is 1. The Morgan fingerprint density at radius 2 is 2.11 bits per heavy atom. The Hall–Kier alpha value is -1.49. The van der Waals surface area contributed by atoms with E-state index in [2.05, 4.69) is 10.3 Å². The highest BCUT2D eigenvalue weighted by molar-refractivity contribution is 5.70. The van der Waals surface area contributed by atoms with Gasteiger partial charge in [0.1, 0.15) is 5.82 Å². The third-order valence-electron chi connectivity index (χ3n) is 3.43. The fraction of sp³-hybridized carbons (Fsp3) is 0.538. The maximum absolute atomic E-state index is 12.9. The van der Waals surface area contributed by atoms with Crippen molar-refractivity contribution >= 4 is 5.97 Å². The van der Waals surface area contributed by atoms with Crippen LogP contribution in [0.1, 0.15) is 31.2 Å². The molecule has 1 fully saturated rings. The van der Waals surface area contributed by atoms with Crippen LogP contribution in [0.2, 0.25) is 0 Å². The van der Waals surface area contributed by atoms with E-state index in [1.165, 1.54) is 12.3 Å². The number of aliphatic carboxylic acids is 1. The first-order chi connectivity index (χ1) is 8.65. The minimum absolute atomic E-state index is 0.195. The standard InChI is InChI=1S/C13H17FN2O2/c14-11-5-9(6-15-8-11)7-16-12-3-1-10(2-4-12)13(17)18/h5-6,8,10,12,16H,1-4,7H2,(H,17,18). The van der Waals surface area contributed by atoms with Crippen molar-refractivity contribution in [1.82, 2.24) is 10.3 Å². The highest BCUT2D eigenvalue weighted by atomic mass is 19.1. The van der Waals surface area contributed by atoms with Gasteiger partial charge in [0, 0.05) is 18.8 Å². The van der Waals surface area contributed by atoms with Crippen molar-refractivity contribution in [2.45, 2.75) is 38.3 Å². The summed E-state index contributed by atoms with van der Waals surface area (Å²) < 4.78 is 12.9. The first-order valence-electron chi connectivity index (χ1n) is 6.21. The van der Waals surface area contributed by atoms with Crippen LogP contribution in [0.25, 0.3) is 0 Å². The summed E-state index contributed by atoms with van der Waals surface area (Å²) in [6, 6.07) is 1.78.